The summed E-state index contributed by atoms with van der Waals surface area (Å²) in [5.41, 5.74) is 2.62. The number of hydrogen-bond donors (Lipinski definition) is 1. The Morgan fingerprint density at radius 3 is 2.37 bits per heavy atom. The van der Waals surface area contributed by atoms with Crippen molar-refractivity contribution < 1.29 is 14.3 Å². The van der Waals surface area contributed by atoms with Crippen LogP contribution in [0.4, 0.5) is 11.4 Å². The Kier molecular flexibility index (Phi) is 5.96. The zero-order valence-corrected chi connectivity index (χ0v) is 15.8. The second-order valence-corrected chi connectivity index (χ2v) is 6.56. The second kappa shape index (κ2) is 8.58. The molecule has 0 radical (unpaired) electrons. The van der Waals surface area contributed by atoms with Crippen LogP contribution in [0.3, 0.4) is 0 Å². The van der Waals surface area contributed by atoms with E-state index in [-0.39, 0.29) is 18.2 Å². The number of piperazine rings is 1. The SMILES string of the molecule is COc1cccc(N2CCN(C(=O)CNc3ccc(C(C)=O)cc3)CC2)c1. The number of methoxy groups -OCH3 is 1. The highest BCUT2D eigenvalue weighted by Crippen LogP contribution is 2.22. The summed E-state index contributed by atoms with van der Waals surface area (Å²) in [4.78, 5) is 27.9. The first kappa shape index (κ1) is 18.8. The predicted octanol–water partition coefficient (Wildman–Crippen LogP) is 2.66. The highest BCUT2D eigenvalue weighted by molar-refractivity contribution is 5.94. The zero-order valence-electron chi connectivity index (χ0n) is 15.8. The molecule has 0 saturated carbocycles. The van der Waals surface area contributed by atoms with Crippen LogP contribution in [0.1, 0.15) is 17.3 Å². The Morgan fingerprint density at radius 1 is 1.04 bits per heavy atom. The van der Waals surface area contributed by atoms with Crippen molar-refractivity contribution in [1.29, 1.82) is 0 Å². The number of carbonyl (C=O) groups is 2. The van der Waals surface area contributed by atoms with E-state index in [1.54, 1.807) is 19.2 Å². The number of ketones is 1. The van der Waals surface area contributed by atoms with Gasteiger partial charge in [-0.15, -0.1) is 0 Å². The minimum absolute atomic E-state index is 0.0338. The van der Waals surface area contributed by atoms with Gasteiger partial charge in [-0.1, -0.05) is 6.07 Å². The van der Waals surface area contributed by atoms with Crippen LogP contribution in [0.25, 0.3) is 0 Å². The second-order valence-electron chi connectivity index (χ2n) is 6.56. The van der Waals surface area contributed by atoms with Crippen LogP contribution in [0.2, 0.25) is 0 Å². The number of nitrogens with zero attached hydrogens (tertiary/aromatic N) is 2. The van der Waals surface area contributed by atoms with E-state index >= 15 is 0 Å². The van der Waals surface area contributed by atoms with Gasteiger partial charge in [0.2, 0.25) is 5.91 Å². The lowest BCUT2D eigenvalue weighted by Crippen LogP contribution is -2.50. The Hall–Kier alpha value is -3.02. The molecule has 0 unspecified atom stereocenters. The Balaban J connectivity index is 1.48. The van der Waals surface area contributed by atoms with Crippen LogP contribution in [-0.4, -0.2) is 56.4 Å². The lowest BCUT2D eigenvalue weighted by atomic mass is 10.1. The molecule has 1 saturated heterocycles. The van der Waals surface area contributed by atoms with E-state index in [2.05, 4.69) is 16.3 Å². The highest BCUT2D eigenvalue weighted by Gasteiger charge is 2.21. The van der Waals surface area contributed by atoms with Gasteiger partial charge in [-0.3, -0.25) is 9.59 Å². The maximum absolute atomic E-state index is 12.5. The van der Waals surface area contributed by atoms with Gasteiger partial charge in [0.15, 0.2) is 5.78 Å². The van der Waals surface area contributed by atoms with Crippen LogP contribution in [0.15, 0.2) is 48.5 Å². The van der Waals surface area contributed by atoms with Crippen molar-refractivity contribution in [2.45, 2.75) is 6.92 Å². The molecule has 2 aromatic rings. The number of Topliss-reactive ketones (excluding diaryl/α,β-unsaturated/α-hetero) is 1. The van der Waals surface area contributed by atoms with E-state index in [1.165, 1.54) is 6.92 Å². The van der Waals surface area contributed by atoms with Gasteiger partial charge in [0, 0.05) is 49.2 Å². The van der Waals surface area contributed by atoms with Gasteiger partial charge in [-0.2, -0.15) is 0 Å². The molecule has 1 aliphatic rings. The number of ether oxygens (including phenoxy) is 1. The summed E-state index contributed by atoms with van der Waals surface area (Å²) in [5, 5.41) is 3.13. The molecule has 0 bridgehead atoms. The van der Waals surface area contributed by atoms with Gasteiger partial charge >= 0.3 is 0 Å². The first-order chi connectivity index (χ1) is 13.1. The third-order valence-corrected chi connectivity index (χ3v) is 4.79. The number of anilines is 2. The maximum atomic E-state index is 12.5. The van der Waals surface area contributed by atoms with E-state index in [1.807, 2.05) is 35.2 Å². The van der Waals surface area contributed by atoms with Crippen molar-refractivity contribution in [2.24, 2.45) is 0 Å². The van der Waals surface area contributed by atoms with E-state index in [9.17, 15) is 9.59 Å². The first-order valence-corrected chi connectivity index (χ1v) is 9.08. The summed E-state index contributed by atoms with van der Waals surface area (Å²) in [6.07, 6.45) is 0. The summed E-state index contributed by atoms with van der Waals surface area (Å²) in [5.74, 6) is 0.952. The van der Waals surface area contributed by atoms with E-state index in [0.717, 1.165) is 30.2 Å². The summed E-state index contributed by atoms with van der Waals surface area (Å²) < 4.78 is 5.28. The minimum Gasteiger partial charge on any atom is -0.497 e. The van der Waals surface area contributed by atoms with E-state index < -0.39 is 0 Å². The van der Waals surface area contributed by atoms with Crippen LogP contribution >= 0.6 is 0 Å². The molecule has 27 heavy (non-hydrogen) atoms. The molecule has 1 aliphatic heterocycles. The Labute approximate surface area is 159 Å². The fraction of sp³-hybridized carbons (Fsp3) is 0.333. The third kappa shape index (κ3) is 4.78. The molecule has 1 heterocycles. The van der Waals surface area contributed by atoms with Gasteiger partial charge in [0.25, 0.3) is 0 Å². The molecule has 0 atom stereocenters. The number of nitrogens with one attached hydrogen (secondary N) is 1. The van der Waals surface area contributed by atoms with Crippen molar-refractivity contribution in [1.82, 2.24) is 4.90 Å². The molecule has 6 heteroatoms. The topological polar surface area (TPSA) is 61.9 Å². The quantitative estimate of drug-likeness (QED) is 0.796. The smallest absolute Gasteiger partial charge is 0.241 e. The summed E-state index contributed by atoms with van der Waals surface area (Å²) in [6.45, 7) is 4.77. The summed E-state index contributed by atoms with van der Waals surface area (Å²) in [7, 11) is 1.66. The number of rotatable bonds is 6. The number of amides is 1. The molecule has 1 fully saturated rings. The fourth-order valence-electron chi connectivity index (χ4n) is 3.13. The summed E-state index contributed by atoms with van der Waals surface area (Å²) >= 11 is 0. The molecule has 142 valence electrons. The van der Waals surface area contributed by atoms with Gasteiger partial charge in [0.1, 0.15) is 5.75 Å². The van der Waals surface area contributed by atoms with Crippen LogP contribution < -0.4 is 15.0 Å². The lowest BCUT2D eigenvalue weighted by molar-refractivity contribution is -0.129. The van der Waals surface area contributed by atoms with E-state index in [4.69, 9.17) is 4.74 Å². The zero-order chi connectivity index (χ0) is 19.2. The van der Waals surface area contributed by atoms with Gasteiger partial charge in [-0.25, -0.2) is 0 Å². The fourth-order valence-corrected chi connectivity index (χ4v) is 3.13. The van der Waals surface area contributed by atoms with Crippen LogP contribution in [-0.2, 0) is 4.79 Å². The molecule has 0 aromatic heterocycles. The Morgan fingerprint density at radius 2 is 1.74 bits per heavy atom. The Bertz CT molecular complexity index is 797. The molecule has 3 rings (SSSR count). The van der Waals surface area contributed by atoms with Crippen molar-refractivity contribution in [3.8, 4) is 5.75 Å². The molecular formula is C21H25N3O3. The largest absolute Gasteiger partial charge is 0.497 e. The van der Waals surface area contributed by atoms with E-state index in [0.29, 0.717) is 18.7 Å². The van der Waals surface area contributed by atoms with Gasteiger partial charge in [0.05, 0.1) is 13.7 Å². The number of benzene rings is 2. The van der Waals surface area contributed by atoms with Gasteiger partial charge < -0.3 is 19.9 Å². The van der Waals surface area contributed by atoms with Crippen molar-refractivity contribution in [3.05, 3.63) is 54.1 Å². The molecule has 1 amide bonds. The maximum Gasteiger partial charge on any atom is 0.241 e. The van der Waals surface area contributed by atoms with Crippen LogP contribution in [0, 0.1) is 0 Å². The molecule has 0 spiro atoms. The predicted molar refractivity (Wildman–Crippen MR) is 107 cm³/mol. The highest BCUT2D eigenvalue weighted by atomic mass is 16.5. The number of hydrogen-bond acceptors (Lipinski definition) is 5. The lowest BCUT2D eigenvalue weighted by Gasteiger charge is -2.36. The monoisotopic (exact) mass is 367 g/mol. The molecule has 0 aliphatic carbocycles. The standard InChI is InChI=1S/C21H25N3O3/c1-16(25)17-6-8-18(9-7-17)22-15-21(26)24-12-10-23(11-13-24)19-4-3-5-20(14-19)27-2/h3-9,14,22H,10-13,15H2,1-2H3. The molecular weight excluding hydrogens is 342 g/mol. The minimum atomic E-state index is 0.0338. The van der Waals surface area contributed by atoms with Crippen molar-refractivity contribution in [2.75, 3.05) is 50.1 Å². The van der Waals surface area contributed by atoms with Gasteiger partial charge in [-0.05, 0) is 43.3 Å². The molecule has 1 N–H and O–H groups in total. The average Bonchev–Trinajstić information content (AvgIpc) is 2.72. The third-order valence-electron chi connectivity index (χ3n) is 4.79. The van der Waals surface area contributed by atoms with Crippen molar-refractivity contribution in [3.63, 3.8) is 0 Å². The normalized spacial score (nSPS) is 14.0. The van der Waals surface area contributed by atoms with Crippen LogP contribution in [0.5, 0.6) is 5.75 Å². The molecule has 6 nitrogen and oxygen atoms in total. The summed E-state index contributed by atoms with van der Waals surface area (Å²) in [6, 6.07) is 15.2. The average molecular weight is 367 g/mol. The van der Waals surface area contributed by atoms with Crippen molar-refractivity contribution >= 4 is 23.1 Å². The number of carbonyl (C=O) groups excluding carboxylic acids is 2. The first-order valence-electron chi connectivity index (χ1n) is 9.08. The molecule has 2 aromatic carbocycles.